The Balaban J connectivity index is 1.54. The van der Waals surface area contributed by atoms with E-state index >= 15 is 0 Å². The molecule has 0 radical (unpaired) electrons. The molecule has 2 heterocycles. The Hall–Kier alpha value is -2.35. The summed E-state index contributed by atoms with van der Waals surface area (Å²) in [6.07, 6.45) is -4.45. The van der Waals surface area contributed by atoms with Crippen LogP contribution in [0, 0.1) is 13.8 Å². The highest BCUT2D eigenvalue weighted by atomic mass is 19.4. The van der Waals surface area contributed by atoms with Crippen molar-refractivity contribution in [2.24, 2.45) is 0 Å². The zero-order valence-electron chi connectivity index (χ0n) is 15.5. The Labute approximate surface area is 156 Å². The molecule has 1 amide bonds. The average molecular weight is 380 g/mol. The number of carbonyl (C=O) groups excluding carboxylic acids is 1. The van der Waals surface area contributed by atoms with E-state index in [9.17, 15) is 18.0 Å². The second kappa shape index (κ2) is 7.72. The molecule has 3 rings (SSSR count). The second-order valence-electron chi connectivity index (χ2n) is 6.86. The number of nitrogens with zero attached hydrogens (tertiary/aromatic N) is 4. The van der Waals surface area contributed by atoms with Gasteiger partial charge in [0.1, 0.15) is 0 Å². The van der Waals surface area contributed by atoms with E-state index in [4.69, 9.17) is 0 Å². The van der Waals surface area contributed by atoms with E-state index in [1.54, 1.807) is 4.90 Å². The monoisotopic (exact) mass is 380 g/mol. The molecule has 0 spiro atoms. The number of hydrogen-bond donors (Lipinski definition) is 0. The summed E-state index contributed by atoms with van der Waals surface area (Å²) in [4.78, 5) is 16.4. The normalized spacial score (nSPS) is 16.0. The molecule has 8 heteroatoms. The van der Waals surface area contributed by atoms with Crippen molar-refractivity contribution in [1.82, 2.24) is 19.6 Å². The average Bonchev–Trinajstić information content (AvgIpc) is 2.96. The van der Waals surface area contributed by atoms with Gasteiger partial charge in [-0.2, -0.15) is 18.3 Å². The molecule has 0 bridgehead atoms. The standard InChI is InChI=1S/C19H23F3N4O/c1-14-12-15(2)26(23-14)11-8-24-6-9-25(10-7-24)18(27)16-4-3-5-17(13-16)19(20,21)22/h3-5,12-13H,6-11H2,1-2H3. The van der Waals surface area contributed by atoms with Crippen LogP contribution in [0.4, 0.5) is 13.2 Å². The Morgan fingerprint density at radius 2 is 1.78 bits per heavy atom. The first-order valence-electron chi connectivity index (χ1n) is 8.94. The maximum atomic E-state index is 12.8. The summed E-state index contributed by atoms with van der Waals surface area (Å²) in [6.45, 7) is 7.99. The van der Waals surface area contributed by atoms with Crippen molar-refractivity contribution in [3.05, 3.63) is 52.8 Å². The van der Waals surface area contributed by atoms with Crippen molar-refractivity contribution >= 4 is 5.91 Å². The number of rotatable bonds is 4. The second-order valence-corrected chi connectivity index (χ2v) is 6.86. The van der Waals surface area contributed by atoms with E-state index in [2.05, 4.69) is 10.00 Å². The molecule has 1 saturated heterocycles. The van der Waals surface area contributed by atoms with E-state index in [1.807, 2.05) is 24.6 Å². The molecule has 5 nitrogen and oxygen atoms in total. The quantitative estimate of drug-likeness (QED) is 0.819. The Morgan fingerprint density at radius 3 is 2.37 bits per heavy atom. The van der Waals surface area contributed by atoms with Crippen LogP contribution in [-0.4, -0.2) is 58.2 Å². The fourth-order valence-corrected chi connectivity index (χ4v) is 3.32. The molecule has 1 fully saturated rings. The first-order chi connectivity index (χ1) is 12.7. The Kier molecular flexibility index (Phi) is 5.55. The number of aryl methyl sites for hydroxylation is 2. The molecule has 0 atom stereocenters. The lowest BCUT2D eigenvalue weighted by Gasteiger charge is -2.34. The van der Waals surface area contributed by atoms with Gasteiger partial charge in [-0.3, -0.25) is 14.4 Å². The molecule has 1 aromatic heterocycles. The zero-order chi connectivity index (χ0) is 19.6. The number of aromatic nitrogens is 2. The van der Waals surface area contributed by atoms with Gasteiger partial charge in [-0.1, -0.05) is 6.07 Å². The van der Waals surface area contributed by atoms with Crippen molar-refractivity contribution in [3.8, 4) is 0 Å². The Morgan fingerprint density at radius 1 is 1.07 bits per heavy atom. The van der Waals surface area contributed by atoms with E-state index in [-0.39, 0.29) is 11.5 Å². The van der Waals surface area contributed by atoms with Crippen LogP contribution in [0.25, 0.3) is 0 Å². The van der Waals surface area contributed by atoms with Crippen LogP contribution >= 0.6 is 0 Å². The molecule has 2 aromatic rings. The highest BCUT2D eigenvalue weighted by Crippen LogP contribution is 2.29. The highest BCUT2D eigenvalue weighted by Gasteiger charge is 2.31. The van der Waals surface area contributed by atoms with Gasteiger partial charge in [0.05, 0.1) is 17.8 Å². The lowest BCUT2D eigenvalue weighted by molar-refractivity contribution is -0.137. The largest absolute Gasteiger partial charge is 0.416 e. The number of amides is 1. The zero-order valence-corrected chi connectivity index (χ0v) is 15.5. The van der Waals surface area contributed by atoms with Crippen molar-refractivity contribution in [2.75, 3.05) is 32.7 Å². The lowest BCUT2D eigenvalue weighted by Crippen LogP contribution is -2.49. The van der Waals surface area contributed by atoms with Crippen LogP contribution in [0.3, 0.4) is 0 Å². The van der Waals surface area contributed by atoms with Crippen molar-refractivity contribution < 1.29 is 18.0 Å². The summed E-state index contributed by atoms with van der Waals surface area (Å²) >= 11 is 0. The van der Waals surface area contributed by atoms with Gasteiger partial charge in [-0.05, 0) is 38.1 Å². The summed E-state index contributed by atoms with van der Waals surface area (Å²) in [5, 5.41) is 4.44. The predicted molar refractivity (Wildman–Crippen MR) is 95.5 cm³/mol. The first kappa shape index (κ1) is 19.4. The Bertz CT molecular complexity index is 808. The number of benzene rings is 1. The highest BCUT2D eigenvalue weighted by molar-refractivity contribution is 5.94. The van der Waals surface area contributed by atoms with Crippen LogP contribution in [-0.2, 0) is 12.7 Å². The molecule has 1 aliphatic heterocycles. The van der Waals surface area contributed by atoms with Crippen LogP contribution in [0.2, 0.25) is 0 Å². The molecule has 27 heavy (non-hydrogen) atoms. The topological polar surface area (TPSA) is 41.4 Å². The maximum absolute atomic E-state index is 12.8. The summed E-state index contributed by atoms with van der Waals surface area (Å²) < 4.78 is 40.5. The third-order valence-corrected chi connectivity index (χ3v) is 4.83. The number of hydrogen-bond acceptors (Lipinski definition) is 3. The van der Waals surface area contributed by atoms with Crippen molar-refractivity contribution in [2.45, 2.75) is 26.6 Å². The number of alkyl halides is 3. The molecule has 0 saturated carbocycles. The molecular formula is C19H23F3N4O. The smallest absolute Gasteiger partial charge is 0.336 e. The maximum Gasteiger partial charge on any atom is 0.416 e. The summed E-state index contributed by atoms with van der Waals surface area (Å²) in [5.74, 6) is -0.348. The summed E-state index contributed by atoms with van der Waals surface area (Å²) in [6, 6.07) is 6.66. The first-order valence-corrected chi connectivity index (χ1v) is 8.94. The van der Waals surface area contributed by atoms with Crippen LogP contribution in [0.1, 0.15) is 27.3 Å². The van der Waals surface area contributed by atoms with Gasteiger partial charge in [-0.15, -0.1) is 0 Å². The van der Waals surface area contributed by atoms with Gasteiger partial charge in [0.2, 0.25) is 0 Å². The molecule has 0 aliphatic carbocycles. The van der Waals surface area contributed by atoms with E-state index in [0.29, 0.717) is 26.2 Å². The molecule has 0 N–H and O–H groups in total. The van der Waals surface area contributed by atoms with E-state index < -0.39 is 11.7 Å². The van der Waals surface area contributed by atoms with Gasteiger partial charge in [0, 0.05) is 44.0 Å². The minimum atomic E-state index is -4.45. The number of halogens is 3. The molecule has 0 unspecified atom stereocenters. The molecule has 1 aromatic carbocycles. The van der Waals surface area contributed by atoms with Crippen LogP contribution in [0.5, 0.6) is 0 Å². The van der Waals surface area contributed by atoms with Gasteiger partial charge in [0.25, 0.3) is 5.91 Å². The minimum Gasteiger partial charge on any atom is -0.336 e. The van der Waals surface area contributed by atoms with E-state index in [1.165, 1.54) is 12.1 Å². The van der Waals surface area contributed by atoms with Crippen LogP contribution < -0.4 is 0 Å². The van der Waals surface area contributed by atoms with Crippen molar-refractivity contribution in [1.29, 1.82) is 0 Å². The molecule has 146 valence electrons. The minimum absolute atomic E-state index is 0.0842. The number of carbonyl (C=O) groups is 1. The van der Waals surface area contributed by atoms with Gasteiger partial charge in [-0.25, -0.2) is 0 Å². The van der Waals surface area contributed by atoms with Gasteiger partial charge in [0.15, 0.2) is 0 Å². The van der Waals surface area contributed by atoms with Crippen molar-refractivity contribution in [3.63, 3.8) is 0 Å². The summed E-state index contributed by atoms with van der Waals surface area (Å²) in [5.41, 5.74) is 1.40. The SMILES string of the molecule is Cc1cc(C)n(CCN2CCN(C(=O)c3cccc(C(F)(F)F)c3)CC2)n1. The third-order valence-electron chi connectivity index (χ3n) is 4.83. The fourth-order valence-electron chi connectivity index (χ4n) is 3.32. The fraction of sp³-hybridized carbons (Fsp3) is 0.474. The van der Waals surface area contributed by atoms with Crippen LogP contribution in [0.15, 0.2) is 30.3 Å². The van der Waals surface area contributed by atoms with E-state index in [0.717, 1.165) is 36.6 Å². The molecule has 1 aliphatic rings. The summed E-state index contributed by atoms with van der Waals surface area (Å²) in [7, 11) is 0. The molecular weight excluding hydrogens is 357 g/mol. The predicted octanol–water partition coefficient (Wildman–Crippen LogP) is 2.98. The number of piperazine rings is 1. The van der Waals surface area contributed by atoms with Gasteiger partial charge < -0.3 is 4.90 Å². The lowest BCUT2D eigenvalue weighted by atomic mass is 10.1. The third kappa shape index (κ3) is 4.68. The van der Waals surface area contributed by atoms with Gasteiger partial charge >= 0.3 is 6.18 Å².